The molecule has 0 saturated heterocycles. The van der Waals surface area contributed by atoms with E-state index in [0.717, 1.165) is 6.42 Å². The normalized spacial score (nSPS) is 11.1. The lowest BCUT2D eigenvalue weighted by molar-refractivity contribution is 1.15. The van der Waals surface area contributed by atoms with Crippen LogP contribution in [0.5, 0.6) is 0 Å². The van der Waals surface area contributed by atoms with Crippen LogP contribution >= 0.6 is 11.3 Å². The summed E-state index contributed by atoms with van der Waals surface area (Å²) in [5.74, 6) is 0. The van der Waals surface area contributed by atoms with Crippen molar-refractivity contribution >= 4 is 17.4 Å². The van der Waals surface area contributed by atoms with E-state index in [4.69, 9.17) is 5.73 Å². The molecule has 1 aromatic rings. The number of thiophene rings is 1. The average Bonchev–Trinajstić information content (AvgIpc) is 2.47. The van der Waals surface area contributed by atoms with Crippen LogP contribution in [0.3, 0.4) is 0 Å². The summed E-state index contributed by atoms with van der Waals surface area (Å²) in [5, 5.41) is 2.12. The maximum Gasteiger partial charge on any atom is 0.0299 e. The first-order valence-electron chi connectivity index (χ1n) is 3.81. The van der Waals surface area contributed by atoms with Gasteiger partial charge in [-0.1, -0.05) is 13.0 Å². The molecule has 1 aromatic heterocycles. The molecular formula is C9H13NS. The van der Waals surface area contributed by atoms with E-state index in [0.29, 0.717) is 6.54 Å². The third-order valence-electron chi connectivity index (χ3n) is 1.57. The Balaban J connectivity index is 2.76. The highest BCUT2D eigenvalue weighted by atomic mass is 32.1. The zero-order chi connectivity index (χ0) is 8.10. The quantitative estimate of drug-likeness (QED) is 0.734. The maximum atomic E-state index is 5.35. The molecule has 1 heterocycles. The summed E-state index contributed by atoms with van der Waals surface area (Å²) >= 11 is 1.77. The van der Waals surface area contributed by atoms with E-state index in [-0.39, 0.29) is 0 Å². The first kappa shape index (κ1) is 8.50. The summed E-state index contributed by atoms with van der Waals surface area (Å²) in [6.45, 7) is 2.79. The Morgan fingerprint density at radius 2 is 2.45 bits per heavy atom. The van der Waals surface area contributed by atoms with Gasteiger partial charge in [-0.2, -0.15) is 0 Å². The topological polar surface area (TPSA) is 26.0 Å². The number of hydrogen-bond acceptors (Lipinski definition) is 2. The minimum atomic E-state index is 0.626. The van der Waals surface area contributed by atoms with E-state index in [1.165, 1.54) is 10.4 Å². The molecule has 0 bridgehead atoms. The minimum absolute atomic E-state index is 0.626. The number of rotatable bonds is 3. The van der Waals surface area contributed by atoms with Crippen LogP contribution in [0.2, 0.25) is 0 Å². The van der Waals surface area contributed by atoms with E-state index >= 15 is 0 Å². The van der Waals surface area contributed by atoms with Crippen LogP contribution < -0.4 is 5.73 Å². The van der Waals surface area contributed by atoms with Crippen molar-refractivity contribution < 1.29 is 0 Å². The molecule has 0 unspecified atom stereocenters. The van der Waals surface area contributed by atoms with Crippen LogP contribution in [0.25, 0.3) is 6.08 Å². The smallest absolute Gasteiger partial charge is 0.0299 e. The van der Waals surface area contributed by atoms with Crippen molar-refractivity contribution in [2.75, 3.05) is 6.54 Å². The van der Waals surface area contributed by atoms with E-state index in [9.17, 15) is 0 Å². The molecule has 0 aliphatic heterocycles. The van der Waals surface area contributed by atoms with Gasteiger partial charge < -0.3 is 5.73 Å². The molecule has 2 heteroatoms. The average molecular weight is 167 g/mol. The standard InChI is InChI=1S/C9H13NS/c1-2-8-5-7-11-9(8)4-3-6-10/h3-5,7H,2,6,10H2,1H3/b4-3+. The lowest BCUT2D eigenvalue weighted by Crippen LogP contribution is -1.91. The number of nitrogens with two attached hydrogens (primary N) is 1. The molecule has 2 N–H and O–H groups in total. The van der Waals surface area contributed by atoms with Gasteiger partial charge in [0.25, 0.3) is 0 Å². The van der Waals surface area contributed by atoms with Crippen LogP contribution in [-0.2, 0) is 6.42 Å². The van der Waals surface area contributed by atoms with Crippen molar-refractivity contribution in [3.8, 4) is 0 Å². The van der Waals surface area contributed by atoms with Gasteiger partial charge in [0.2, 0.25) is 0 Å². The summed E-state index contributed by atoms with van der Waals surface area (Å²) in [4.78, 5) is 1.35. The Morgan fingerprint density at radius 1 is 1.64 bits per heavy atom. The molecule has 0 aliphatic rings. The Labute approximate surface area is 71.5 Å². The van der Waals surface area contributed by atoms with Gasteiger partial charge in [0.05, 0.1) is 0 Å². The molecule has 0 fully saturated rings. The van der Waals surface area contributed by atoms with E-state index < -0.39 is 0 Å². The fourth-order valence-electron chi connectivity index (χ4n) is 0.961. The van der Waals surface area contributed by atoms with Crippen molar-refractivity contribution in [1.29, 1.82) is 0 Å². The molecule has 60 valence electrons. The van der Waals surface area contributed by atoms with Gasteiger partial charge in [0.15, 0.2) is 0 Å². The third kappa shape index (κ3) is 2.17. The maximum absolute atomic E-state index is 5.35. The molecule has 0 radical (unpaired) electrons. The molecule has 0 saturated carbocycles. The van der Waals surface area contributed by atoms with Gasteiger partial charge in [0, 0.05) is 11.4 Å². The predicted octanol–water partition coefficient (Wildman–Crippen LogP) is 2.28. The molecule has 0 aliphatic carbocycles. The first-order valence-corrected chi connectivity index (χ1v) is 4.69. The van der Waals surface area contributed by atoms with Gasteiger partial charge >= 0.3 is 0 Å². The molecule has 0 atom stereocenters. The van der Waals surface area contributed by atoms with Gasteiger partial charge in [-0.3, -0.25) is 0 Å². The summed E-state index contributed by atoms with van der Waals surface area (Å²) in [6.07, 6.45) is 5.20. The van der Waals surface area contributed by atoms with Crippen LogP contribution in [0.1, 0.15) is 17.4 Å². The molecule has 0 amide bonds. The van der Waals surface area contributed by atoms with Crippen LogP contribution in [-0.4, -0.2) is 6.54 Å². The van der Waals surface area contributed by atoms with Crippen molar-refractivity contribution in [2.45, 2.75) is 13.3 Å². The summed E-state index contributed by atoms with van der Waals surface area (Å²) in [6, 6.07) is 2.17. The van der Waals surface area contributed by atoms with Crippen molar-refractivity contribution in [1.82, 2.24) is 0 Å². The molecule has 1 nitrogen and oxygen atoms in total. The summed E-state index contributed by atoms with van der Waals surface area (Å²) < 4.78 is 0. The lowest BCUT2D eigenvalue weighted by Gasteiger charge is -1.91. The summed E-state index contributed by atoms with van der Waals surface area (Å²) in [5.41, 5.74) is 6.77. The monoisotopic (exact) mass is 167 g/mol. The van der Waals surface area contributed by atoms with Crippen LogP contribution in [0.4, 0.5) is 0 Å². The number of hydrogen-bond donors (Lipinski definition) is 1. The fraction of sp³-hybridized carbons (Fsp3) is 0.333. The van der Waals surface area contributed by atoms with Gasteiger partial charge in [-0.05, 0) is 29.5 Å². The minimum Gasteiger partial charge on any atom is -0.327 e. The second-order valence-corrected chi connectivity index (χ2v) is 3.25. The van der Waals surface area contributed by atoms with E-state index in [1.807, 2.05) is 6.08 Å². The van der Waals surface area contributed by atoms with E-state index in [1.54, 1.807) is 11.3 Å². The van der Waals surface area contributed by atoms with E-state index in [2.05, 4.69) is 24.4 Å². The van der Waals surface area contributed by atoms with Crippen molar-refractivity contribution in [3.63, 3.8) is 0 Å². The molecule has 1 rings (SSSR count). The molecule has 0 aromatic carbocycles. The van der Waals surface area contributed by atoms with Crippen molar-refractivity contribution in [2.24, 2.45) is 5.73 Å². The lowest BCUT2D eigenvalue weighted by atomic mass is 10.2. The van der Waals surface area contributed by atoms with Gasteiger partial charge in [-0.15, -0.1) is 11.3 Å². The Kier molecular flexibility index (Phi) is 3.33. The molecule has 0 spiro atoms. The van der Waals surface area contributed by atoms with Crippen molar-refractivity contribution in [3.05, 3.63) is 28.0 Å². The Bertz CT molecular complexity index is 237. The highest BCUT2D eigenvalue weighted by molar-refractivity contribution is 7.11. The first-order chi connectivity index (χ1) is 5.38. The summed E-state index contributed by atoms with van der Waals surface area (Å²) in [7, 11) is 0. The Hall–Kier alpha value is -0.600. The van der Waals surface area contributed by atoms with Crippen LogP contribution in [0.15, 0.2) is 17.5 Å². The second kappa shape index (κ2) is 4.31. The fourth-order valence-corrected chi connectivity index (χ4v) is 1.88. The highest BCUT2D eigenvalue weighted by Crippen LogP contribution is 2.18. The molecular weight excluding hydrogens is 154 g/mol. The van der Waals surface area contributed by atoms with Gasteiger partial charge in [-0.25, -0.2) is 0 Å². The zero-order valence-electron chi connectivity index (χ0n) is 6.71. The second-order valence-electron chi connectivity index (χ2n) is 2.30. The molecule has 11 heavy (non-hydrogen) atoms. The Morgan fingerprint density at radius 3 is 3.09 bits per heavy atom. The number of aryl methyl sites for hydroxylation is 1. The largest absolute Gasteiger partial charge is 0.327 e. The zero-order valence-corrected chi connectivity index (χ0v) is 7.53. The third-order valence-corrected chi connectivity index (χ3v) is 2.49. The highest BCUT2D eigenvalue weighted by Gasteiger charge is 1.96. The SMILES string of the molecule is CCc1ccsc1/C=C/CN. The van der Waals surface area contributed by atoms with Crippen LogP contribution in [0, 0.1) is 0 Å². The predicted molar refractivity (Wildman–Crippen MR) is 51.8 cm³/mol. The van der Waals surface area contributed by atoms with Gasteiger partial charge in [0.1, 0.15) is 0 Å².